The van der Waals surface area contributed by atoms with Crippen LogP contribution in [0.25, 0.3) is 0 Å². The van der Waals surface area contributed by atoms with E-state index in [0.29, 0.717) is 26.4 Å². The maximum Gasteiger partial charge on any atom is 0.232 e. The molecule has 0 spiro atoms. The van der Waals surface area contributed by atoms with Crippen LogP contribution in [-0.4, -0.2) is 11.5 Å². The number of furan rings is 1. The minimum absolute atomic E-state index is 0.109. The first-order chi connectivity index (χ1) is 16.0. The molecular formula is C25H19Cl2N3O2S. The first-order valence-corrected chi connectivity index (χ1v) is 11.9. The molecule has 1 aliphatic rings. The van der Waals surface area contributed by atoms with Gasteiger partial charge in [-0.3, -0.25) is 4.79 Å². The van der Waals surface area contributed by atoms with Crippen molar-refractivity contribution in [2.75, 3.05) is 10.7 Å². The van der Waals surface area contributed by atoms with Gasteiger partial charge in [-0.25, -0.2) is 0 Å². The largest absolute Gasteiger partial charge is 0.461 e. The van der Waals surface area contributed by atoms with Crippen molar-refractivity contribution >= 4 is 46.4 Å². The molecule has 1 aliphatic heterocycles. The molecule has 0 radical (unpaired) electrons. The average Bonchev–Trinajstić information content (AvgIpc) is 3.35. The standard InChI is InChI=1S/C25H19Cl2N3O2S/c1-2-33-25-21(24(31)20-9-6-12-32-20)22(29)18(14-28)23(17-11-10-15(26)13-19(17)27)30(25)16-7-4-3-5-8-16/h3-13,23H,2,29H2,1H3. The number of para-hydroxylation sites is 1. The van der Waals surface area contributed by atoms with E-state index in [1.54, 1.807) is 30.3 Å². The number of halogens is 2. The maximum atomic E-state index is 13.5. The molecule has 0 fully saturated rings. The van der Waals surface area contributed by atoms with Crippen molar-refractivity contribution in [2.45, 2.75) is 13.0 Å². The van der Waals surface area contributed by atoms with Crippen LogP contribution in [0.1, 0.15) is 29.1 Å². The summed E-state index contributed by atoms with van der Waals surface area (Å²) in [5.74, 6) is 0.433. The molecule has 0 saturated heterocycles. The molecule has 2 heterocycles. The Morgan fingerprint density at radius 1 is 1.18 bits per heavy atom. The zero-order chi connectivity index (χ0) is 23.5. The third-order valence-electron chi connectivity index (χ3n) is 5.19. The van der Waals surface area contributed by atoms with Gasteiger partial charge in [-0.1, -0.05) is 54.4 Å². The van der Waals surface area contributed by atoms with Gasteiger partial charge in [0.15, 0.2) is 5.76 Å². The van der Waals surface area contributed by atoms with Crippen molar-refractivity contribution in [3.05, 3.63) is 110 Å². The highest BCUT2D eigenvalue weighted by molar-refractivity contribution is 8.03. The number of nitrogens with two attached hydrogens (primary N) is 1. The molecule has 2 aromatic carbocycles. The number of carbonyl (C=O) groups is 1. The summed E-state index contributed by atoms with van der Waals surface area (Å²) in [6, 6.07) is 19.5. The number of nitrogens with zero attached hydrogens (tertiary/aromatic N) is 2. The summed E-state index contributed by atoms with van der Waals surface area (Å²) >= 11 is 14.2. The van der Waals surface area contributed by atoms with Crippen LogP contribution < -0.4 is 10.6 Å². The second-order valence-electron chi connectivity index (χ2n) is 7.13. The van der Waals surface area contributed by atoms with Gasteiger partial charge < -0.3 is 15.1 Å². The predicted molar refractivity (Wildman–Crippen MR) is 133 cm³/mol. The van der Waals surface area contributed by atoms with Gasteiger partial charge in [0.05, 0.1) is 40.2 Å². The Hall–Kier alpha value is -3.11. The van der Waals surface area contributed by atoms with Crippen LogP contribution in [0, 0.1) is 11.3 Å². The number of ketones is 1. The van der Waals surface area contributed by atoms with E-state index in [1.165, 1.54) is 18.0 Å². The summed E-state index contributed by atoms with van der Waals surface area (Å²) < 4.78 is 5.37. The van der Waals surface area contributed by atoms with Gasteiger partial charge in [0.25, 0.3) is 0 Å². The minimum Gasteiger partial charge on any atom is -0.461 e. The minimum atomic E-state index is -0.649. The fourth-order valence-electron chi connectivity index (χ4n) is 3.79. The Bertz CT molecular complexity index is 1290. The van der Waals surface area contributed by atoms with E-state index in [1.807, 2.05) is 42.2 Å². The first-order valence-electron chi connectivity index (χ1n) is 10.1. The topological polar surface area (TPSA) is 83.3 Å². The fourth-order valence-corrected chi connectivity index (χ4v) is 5.27. The Balaban J connectivity index is 2.04. The van der Waals surface area contributed by atoms with E-state index in [0.717, 1.165) is 5.69 Å². The summed E-state index contributed by atoms with van der Waals surface area (Å²) in [7, 11) is 0. The smallest absolute Gasteiger partial charge is 0.232 e. The highest BCUT2D eigenvalue weighted by Gasteiger charge is 2.40. The lowest BCUT2D eigenvalue weighted by atomic mass is 9.89. The molecule has 1 aromatic heterocycles. The molecule has 33 heavy (non-hydrogen) atoms. The van der Waals surface area contributed by atoms with Crippen LogP contribution >= 0.6 is 35.0 Å². The first kappa shape index (κ1) is 23.1. The zero-order valence-corrected chi connectivity index (χ0v) is 19.9. The number of hydrogen-bond acceptors (Lipinski definition) is 6. The molecule has 3 aromatic rings. The van der Waals surface area contributed by atoms with Crippen molar-refractivity contribution in [2.24, 2.45) is 5.73 Å². The Morgan fingerprint density at radius 3 is 2.55 bits per heavy atom. The molecule has 0 amide bonds. The highest BCUT2D eigenvalue weighted by Crippen LogP contribution is 2.48. The summed E-state index contributed by atoms with van der Waals surface area (Å²) in [6.07, 6.45) is 1.43. The van der Waals surface area contributed by atoms with E-state index in [2.05, 4.69) is 6.07 Å². The number of allylic oxidation sites excluding steroid dienone is 1. The van der Waals surface area contributed by atoms with Crippen LogP contribution in [0.4, 0.5) is 5.69 Å². The number of benzene rings is 2. The Morgan fingerprint density at radius 2 is 1.94 bits per heavy atom. The van der Waals surface area contributed by atoms with Crippen molar-refractivity contribution < 1.29 is 9.21 Å². The molecule has 8 heteroatoms. The summed E-state index contributed by atoms with van der Waals surface area (Å²) in [6.45, 7) is 1.99. The van der Waals surface area contributed by atoms with Crippen LogP contribution in [0.3, 0.4) is 0 Å². The quantitative estimate of drug-likeness (QED) is 0.381. The van der Waals surface area contributed by atoms with E-state index >= 15 is 0 Å². The van der Waals surface area contributed by atoms with Crippen LogP contribution in [0.15, 0.2) is 93.2 Å². The molecule has 166 valence electrons. The Labute approximate surface area is 206 Å². The molecule has 1 atom stereocenters. The third kappa shape index (κ3) is 4.28. The number of nitriles is 1. The van der Waals surface area contributed by atoms with Gasteiger partial charge in [-0.05, 0) is 47.7 Å². The van der Waals surface area contributed by atoms with Gasteiger partial charge in [-0.15, -0.1) is 11.8 Å². The lowest BCUT2D eigenvalue weighted by molar-refractivity contribution is 0.101. The third-order valence-corrected chi connectivity index (χ3v) is 6.71. The molecule has 4 rings (SSSR count). The van der Waals surface area contributed by atoms with Gasteiger partial charge in [0.1, 0.15) is 0 Å². The number of Topliss-reactive ketones (excluding diaryl/α,β-unsaturated/α-hetero) is 1. The molecule has 5 nitrogen and oxygen atoms in total. The van der Waals surface area contributed by atoms with Crippen LogP contribution in [0.5, 0.6) is 0 Å². The molecule has 2 N–H and O–H groups in total. The van der Waals surface area contributed by atoms with Crippen molar-refractivity contribution in [1.82, 2.24) is 0 Å². The van der Waals surface area contributed by atoms with E-state index < -0.39 is 6.04 Å². The summed E-state index contributed by atoms with van der Waals surface area (Å²) in [5.41, 5.74) is 8.54. The van der Waals surface area contributed by atoms with Gasteiger partial charge in [-0.2, -0.15) is 5.26 Å². The lowest BCUT2D eigenvalue weighted by Crippen LogP contribution is -2.37. The summed E-state index contributed by atoms with van der Waals surface area (Å²) in [4.78, 5) is 15.4. The molecule has 0 saturated carbocycles. The number of carbonyl (C=O) groups excluding carboxylic acids is 1. The second-order valence-corrected chi connectivity index (χ2v) is 9.23. The van der Waals surface area contributed by atoms with E-state index in [4.69, 9.17) is 33.4 Å². The number of thioether (sulfide) groups is 1. The maximum absolute atomic E-state index is 13.5. The predicted octanol–water partition coefficient (Wildman–Crippen LogP) is 6.73. The zero-order valence-electron chi connectivity index (χ0n) is 17.6. The molecule has 0 aliphatic carbocycles. The average molecular weight is 496 g/mol. The normalized spacial score (nSPS) is 16.2. The molecule has 0 bridgehead atoms. The SMILES string of the molecule is CCSC1=C(C(=O)c2ccco2)C(N)=C(C#N)C(c2ccc(Cl)cc2Cl)N1c1ccccc1. The van der Waals surface area contributed by atoms with Gasteiger partial charge >= 0.3 is 0 Å². The number of hydrogen-bond donors (Lipinski definition) is 1. The van der Waals surface area contributed by atoms with E-state index in [9.17, 15) is 10.1 Å². The van der Waals surface area contributed by atoms with Crippen molar-refractivity contribution in [1.29, 1.82) is 5.26 Å². The van der Waals surface area contributed by atoms with E-state index in [-0.39, 0.29) is 28.4 Å². The Kier molecular flexibility index (Phi) is 6.85. The highest BCUT2D eigenvalue weighted by atomic mass is 35.5. The number of rotatable bonds is 6. The molecule has 1 unspecified atom stereocenters. The van der Waals surface area contributed by atoms with Gasteiger partial charge in [0, 0.05) is 15.7 Å². The summed E-state index contributed by atoms with van der Waals surface area (Å²) in [5, 5.41) is 11.7. The second kappa shape index (κ2) is 9.80. The van der Waals surface area contributed by atoms with Crippen LogP contribution in [0.2, 0.25) is 10.0 Å². The molecular weight excluding hydrogens is 477 g/mol. The monoisotopic (exact) mass is 495 g/mol. The van der Waals surface area contributed by atoms with Crippen molar-refractivity contribution in [3.8, 4) is 6.07 Å². The van der Waals surface area contributed by atoms with Gasteiger partial charge in [0.2, 0.25) is 5.78 Å². The fraction of sp³-hybridized carbons (Fsp3) is 0.120. The van der Waals surface area contributed by atoms with Crippen LogP contribution in [-0.2, 0) is 0 Å². The van der Waals surface area contributed by atoms with Crippen molar-refractivity contribution in [3.63, 3.8) is 0 Å². The number of anilines is 1. The lowest BCUT2D eigenvalue weighted by Gasteiger charge is -2.40.